The minimum atomic E-state index is -0.532. The van der Waals surface area contributed by atoms with E-state index < -0.39 is 6.10 Å². The number of aliphatic hydroxyl groups is 1. The van der Waals surface area contributed by atoms with Crippen molar-refractivity contribution in [2.75, 3.05) is 6.61 Å². The van der Waals surface area contributed by atoms with E-state index in [0.717, 1.165) is 5.56 Å². The van der Waals surface area contributed by atoms with Crippen molar-refractivity contribution in [3.8, 4) is 0 Å². The molecule has 2 amide bonds. The molecule has 1 saturated heterocycles. The maximum atomic E-state index is 12.4. The topological polar surface area (TPSA) is 101 Å². The summed E-state index contributed by atoms with van der Waals surface area (Å²) < 4.78 is 5.92. The van der Waals surface area contributed by atoms with E-state index in [2.05, 4.69) is 15.6 Å². The Hall–Kier alpha value is -2.77. The number of ether oxygens (including phenoxy) is 1. The van der Waals surface area contributed by atoms with Gasteiger partial charge in [0.2, 0.25) is 11.8 Å². The third-order valence-electron chi connectivity index (χ3n) is 5.30. The number of nitrogens with zero attached hydrogens (tertiary/aromatic N) is 1. The molecule has 1 aliphatic rings. The molecule has 1 aromatic heterocycles. The molecule has 1 aliphatic heterocycles. The minimum absolute atomic E-state index is 0.0884. The Kier molecular flexibility index (Phi) is 7.93. The van der Waals surface area contributed by atoms with E-state index in [1.54, 1.807) is 18.3 Å². The van der Waals surface area contributed by atoms with Crippen molar-refractivity contribution in [1.82, 2.24) is 15.6 Å². The molecule has 3 N–H and O–H groups in total. The number of hydrogen-bond acceptors (Lipinski definition) is 5. The van der Waals surface area contributed by atoms with Crippen LogP contribution in [0.3, 0.4) is 0 Å². The Bertz CT molecular complexity index is 816. The van der Waals surface area contributed by atoms with Crippen molar-refractivity contribution in [2.24, 2.45) is 0 Å². The molecule has 0 aliphatic carbocycles. The first-order valence-electron chi connectivity index (χ1n) is 10.3. The van der Waals surface area contributed by atoms with Crippen molar-refractivity contribution in [2.45, 2.75) is 56.9 Å². The van der Waals surface area contributed by atoms with Crippen LogP contribution in [0.2, 0.25) is 0 Å². The predicted octanol–water partition coefficient (Wildman–Crippen LogP) is 1.92. The summed E-state index contributed by atoms with van der Waals surface area (Å²) in [5.41, 5.74) is 1.73. The summed E-state index contributed by atoms with van der Waals surface area (Å²) in [4.78, 5) is 28.9. The number of pyridine rings is 1. The highest BCUT2D eigenvalue weighted by Crippen LogP contribution is 2.22. The molecule has 160 valence electrons. The van der Waals surface area contributed by atoms with Gasteiger partial charge >= 0.3 is 0 Å². The van der Waals surface area contributed by atoms with Crippen molar-refractivity contribution >= 4 is 11.8 Å². The number of carbonyl (C=O) groups is 2. The average Bonchev–Trinajstić information content (AvgIpc) is 2.76. The fourth-order valence-electron chi connectivity index (χ4n) is 3.70. The number of aromatic nitrogens is 1. The summed E-state index contributed by atoms with van der Waals surface area (Å²) in [5, 5.41) is 15.6. The zero-order valence-corrected chi connectivity index (χ0v) is 17.2. The Morgan fingerprint density at radius 3 is 2.60 bits per heavy atom. The molecule has 3 rings (SSSR count). The number of rotatable bonds is 8. The third kappa shape index (κ3) is 6.37. The van der Waals surface area contributed by atoms with Crippen LogP contribution in [0.25, 0.3) is 0 Å². The second kappa shape index (κ2) is 10.8. The van der Waals surface area contributed by atoms with Crippen LogP contribution in [0.5, 0.6) is 0 Å². The zero-order valence-electron chi connectivity index (χ0n) is 17.2. The normalized spacial score (nSPS) is 22.1. The van der Waals surface area contributed by atoms with E-state index in [-0.39, 0.29) is 49.5 Å². The predicted molar refractivity (Wildman–Crippen MR) is 112 cm³/mol. The summed E-state index contributed by atoms with van der Waals surface area (Å²) in [6, 6.07) is 14.8. The maximum absolute atomic E-state index is 12.4. The van der Waals surface area contributed by atoms with Gasteiger partial charge < -0.3 is 20.5 Å². The molecule has 0 unspecified atom stereocenters. The molecule has 4 atom stereocenters. The van der Waals surface area contributed by atoms with Crippen LogP contribution in [0.1, 0.15) is 43.5 Å². The number of hydrogen-bond donors (Lipinski definition) is 3. The summed E-state index contributed by atoms with van der Waals surface area (Å²) in [6.07, 6.45) is 2.52. The van der Waals surface area contributed by atoms with Crippen molar-refractivity contribution < 1.29 is 19.4 Å². The Morgan fingerprint density at radius 2 is 1.90 bits per heavy atom. The molecule has 0 bridgehead atoms. The molecule has 30 heavy (non-hydrogen) atoms. The highest BCUT2D eigenvalue weighted by molar-refractivity contribution is 5.78. The lowest BCUT2D eigenvalue weighted by Crippen LogP contribution is -2.51. The summed E-state index contributed by atoms with van der Waals surface area (Å²) >= 11 is 0. The number of aliphatic hydroxyl groups excluding tert-OH is 1. The highest BCUT2D eigenvalue weighted by atomic mass is 16.5. The van der Waals surface area contributed by atoms with E-state index >= 15 is 0 Å². The lowest BCUT2D eigenvalue weighted by molar-refractivity contribution is -0.136. The Labute approximate surface area is 176 Å². The van der Waals surface area contributed by atoms with Gasteiger partial charge in [-0.25, -0.2) is 0 Å². The Morgan fingerprint density at radius 1 is 1.13 bits per heavy atom. The molecule has 2 heterocycles. The maximum Gasteiger partial charge on any atom is 0.226 e. The lowest BCUT2D eigenvalue weighted by atomic mass is 9.96. The zero-order chi connectivity index (χ0) is 21.3. The molecule has 7 heteroatoms. The molecule has 0 saturated carbocycles. The van der Waals surface area contributed by atoms with Gasteiger partial charge in [-0.1, -0.05) is 36.4 Å². The summed E-state index contributed by atoms with van der Waals surface area (Å²) in [7, 11) is 0. The van der Waals surface area contributed by atoms with E-state index in [0.29, 0.717) is 18.5 Å². The summed E-state index contributed by atoms with van der Waals surface area (Å²) in [5.74, 6) is -0.251. The van der Waals surface area contributed by atoms with Crippen LogP contribution in [-0.4, -0.2) is 46.8 Å². The fourth-order valence-corrected chi connectivity index (χ4v) is 3.70. The van der Waals surface area contributed by atoms with Gasteiger partial charge in [-0.2, -0.15) is 0 Å². The van der Waals surface area contributed by atoms with Crippen LogP contribution in [0.4, 0.5) is 0 Å². The number of amides is 2. The average molecular weight is 412 g/mol. The van der Waals surface area contributed by atoms with E-state index in [1.807, 2.05) is 43.3 Å². The number of carbonyl (C=O) groups excluding carboxylic acids is 2. The molecule has 0 radical (unpaired) electrons. The molecule has 0 spiro atoms. The van der Waals surface area contributed by atoms with E-state index in [9.17, 15) is 14.7 Å². The first-order valence-corrected chi connectivity index (χ1v) is 10.3. The first kappa shape index (κ1) is 21.9. The minimum Gasteiger partial charge on any atom is -0.394 e. The van der Waals surface area contributed by atoms with Gasteiger partial charge in [-0.05, 0) is 37.5 Å². The van der Waals surface area contributed by atoms with Crippen molar-refractivity contribution in [3.63, 3.8) is 0 Å². The van der Waals surface area contributed by atoms with Gasteiger partial charge in [-0.3, -0.25) is 14.6 Å². The van der Waals surface area contributed by atoms with Gasteiger partial charge in [0.15, 0.2) is 0 Å². The van der Waals surface area contributed by atoms with Crippen LogP contribution in [-0.2, 0) is 20.7 Å². The molecular formula is C23H29N3O4. The molecule has 1 aromatic carbocycles. The molecular weight excluding hydrogens is 382 g/mol. The van der Waals surface area contributed by atoms with Crippen molar-refractivity contribution in [1.29, 1.82) is 0 Å². The second-order valence-electron chi connectivity index (χ2n) is 7.63. The van der Waals surface area contributed by atoms with Crippen LogP contribution < -0.4 is 10.6 Å². The van der Waals surface area contributed by atoms with Gasteiger partial charge in [0.25, 0.3) is 0 Å². The smallest absolute Gasteiger partial charge is 0.226 e. The highest BCUT2D eigenvalue weighted by Gasteiger charge is 2.33. The van der Waals surface area contributed by atoms with Gasteiger partial charge in [0, 0.05) is 11.9 Å². The van der Waals surface area contributed by atoms with Crippen molar-refractivity contribution in [3.05, 3.63) is 66.0 Å². The summed E-state index contributed by atoms with van der Waals surface area (Å²) in [6.45, 7) is 1.73. The van der Waals surface area contributed by atoms with Gasteiger partial charge in [0.1, 0.15) is 6.10 Å². The second-order valence-corrected chi connectivity index (χ2v) is 7.63. The molecule has 7 nitrogen and oxygen atoms in total. The largest absolute Gasteiger partial charge is 0.394 e. The third-order valence-corrected chi connectivity index (χ3v) is 5.30. The Balaban J connectivity index is 1.46. The fraction of sp³-hybridized carbons (Fsp3) is 0.435. The van der Waals surface area contributed by atoms with E-state index in [4.69, 9.17) is 4.74 Å². The number of nitrogens with one attached hydrogen (secondary N) is 2. The standard InChI is InChI=1S/C23H29N3O4/c1-16(17-7-3-2-4-8-17)25-23(29)14-19-10-11-20(21(15-27)30-19)26-22(28)13-18-9-5-6-12-24-18/h2-9,12,16,19-21,27H,10-11,13-15H2,1H3,(H,25,29)(H,26,28)/t16-,19-,20+,21-/m1/s1. The van der Waals surface area contributed by atoms with E-state index in [1.165, 1.54) is 0 Å². The number of benzene rings is 1. The monoisotopic (exact) mass is 411 g/mol. The molecule has 1 fully saturated rings. The van der Waals surface area contributed by atoms with Gasteiger partial charge in [0.05, 0.1) is 37.6 Å². The SMILES string of the molecule is C[C@@H](NC(=O)C[C@H]1CC[C@H](NC(=O)Cc2ccccn2)[C@@H](CO)O1)c1ccccc1. The first-order chi connectivity index (χ1) is 14.5. The quantitative estimate of drug-likeness (QED) is 0.616. The van der Waals surface area contributed by atoms with Crippen LogP contribution in [0.15, 0.2) is 54.7 Å². The lowest BCUT2D eigenvalue weighted by Gasteiger charge is -2.36. The van der Waals surface area contributed by atoms with Crippen LogP contribution in [0, 0.1) is 0 Å². The van der Waals surface area contributed by atoms with Gasteiger partial charge in [-0.15, -0.1) is 0 Å². The van der Waals surface area contributed by atoms with Crippen LogP contribution >= 0.6 is 0 Å². The molecule has 2 aromatic rings.